The van der Waals surface area contributed by atoms with Gasteiger partial charge in [0, 0.05) is 4.88 Å². The number of amides is 1. The third-order valence-corrected chi connectivity index (χ3v) is 3.81. The topological polar surface area (TPSA) is 69.6 Å². The average Bonchev–Trinajstić information content (AvgIpc) is 2.92. The number of hydrogen-bond acceptors (Lipinski definition) is 4. The van der Waals surface area contributed by atoms with Crippen LogP contribution in [0, 0.1) is 0 Å². The fraction of sp³-hybridized carbons (Fsp3) is 0.214. The van der Waals surface area contributed by atoms with E-state index in [4.69, 9.17) is 0 Å². The Balaban J connectivity index is 2.18. The maximum absolute atomic E-state index is 12.1. The summed E-state index contributed by atoms with van der Waals surface area (Å²) in [6, 6.07) is 7.70. The van der Waals surface area contributed by atoms with Crippen molar-refractivity contribution in [3.63, 3.8) is 0 Å². The van der Waals surface area contributed by atoms with E-state index in [1.165, 1.54) is 18.2 Å². The molecule has 2 rings (SSSR count). The number of nitrogens with one attached hydrogen (secondary N) is 1. The molecule has 0 radical (unpaired) electrons. The molecule has 3 N–H and O–H groups in total. The minimum absolute atomic E-state index is 0.0490. The molecule has 0 aliphatic carbocycles. The van der Waals surface area contributed by atoms with E-state index in [9.17, 15) is 15.0 Å². The van der Waals surface area contributed by atoms with Crippen LogP contribution in [0.25, 0.3) is 0 Å². The summed E-state index contributed by atoms with van der Waals surface area (Å²) in [5.41, 5.74) is 0.0787. The highest BCUT2D eigenvalue weighted by molar-refractivity contribution is 7.10. The first-order valence-electron chi connectivity index (χ1n) is 5.98. The maximum atomic E-state index is 12.1. The van der Waals surface area contributed by atoms with Gasteiger partial charge >= 0.3 is 0 Å². The zero-order valence-electron chi connectivity index (χ0n) is 10.5. The number of carbonyl (C=O) groups excluding carboxylic acids is 1. The van der Waals surface area contributed by atoms with Crippen LogP contribution in [0.5, 0.6) is 11.5 Å². The first-order chi connectivity index (χ1) is 9.11. The van der Waals surface area contributed by atoms with E-state index in [-0.39, 0.29) is 23.1 Å². The Morgan fingerprint density at radius 1 is 1.37 bits per heavy atom. The number of phenolic OH excluding ortho intramolecular Hbond substituents is 2. The van der Waals surface area contributed by atoms with Crippen LogP contribution in [0.15, 0.2) is 35.7 Å². The predicted molar refractivity (Wildman–Crippen MR) is 74.6 cm³/mol. The second kappa shape index (κ2) is 5.75. The van der Waals surface area contributed by atoms with E-state index >= 15 is 0 Å². The molecular formula is C14H15NO3S. The molecule has 100 valence electrons. The van der Waals surface area contributed by atoms with E-state index in [0.29, 0.717) is 0 Å². The zero-order valence-corrected chi connectivity index (χ0v) is 11.3. The maximum Gasteiger partial charge on any atom is 0.255 e. The van der Waals surface area contributed by atoms with Gasteiger partial charge < -0.3 is 15.5 Å². The summed E-state index contributed by atoms with van der Waals surface area (Å²) < 4.78 is 0. The summed E-state index contributed by atoms with van der Waals surface area (Å²) in [6.45, 7) is 1.98. The van der Waals surface area contributed by atoms with Gasteiger partial charge in [0.05, 0.1) is 11.6 Å². The summed E-state index contributed by atoms with van der Waals surface area (Å²) in [5, 5.41) is 23.8. The third kappa shape index (κ3) is 3.06. The molecule has 1 amide bonds. The molecule has 4 nitrogen and oxygen atoms in total. The van der Waals surface area contributed by atoms with Gasteiger partial charge in [-0.05, 0) is 36.1 Å². The van der Waals surface area contributed by atoms with Crippen LogP contribution in [0.2, 0.25) is 0 Å². The van der Waals surface area contributed by atoms with Crippen molar-refractivity contribution < 1.29 is 15.0 Å². The molecule has 0 aliphatic rings. The summed E-state index contributed by atoms with van der Waals surface area (Å²) >= 11 is 1.57. The lowest BCUT2D eigenvalue weighted by molar-refractivity contribution is 0.0933. The number of benzene rings is 1. The highest BCUT2D eigenvalue weighted by atomic mass is 32.1. The molecule has 0 fully saturated rings. The standard InChI is InChI=1S/C14H15NO3S/c1-2-11(13-4-3-7-19-13)15-14(18)10-8-9(16)5-6-12(10)17/h3-8,11,16-17H,2H2,1H3,(H,15,18). The first-order valence-corrected chi connectivity index (χ1v) is 6.86. The summed E-state index contributed by atoms with van der Waals surface area (Å²) in [4.78, 5) is 13.2. The molecule has 0 bridgehead atoms. The highest BCUT2D eigenvalue weighted by Crippen LogP contribution is 2.25. The number of hydrogen-bond donors (Lipinski definition) is 3. The Bertz CT molecular complexity index is 566. The van der Waals surface area contributed by atoms with Crippen molar-refractivity contribution in [3.8, 4) is 11.5 Å². The number of carbonyl (C=O) groups is 1. The predicted octanol–water partition coefficient (Wildman–Crippen LogP) is 3.04. The molecule has 0 saturated carbocycles. The quantitative estimate of drug-likeness (QED) is 0.752. The zero-order chi connectivity index (χ0) is 13.8. The van der Waals surface area contributed by atoms with E-state index in [2.05, 4.69) is 5.32 Å². The number of rotatable bonds is 4. The first kappa shape index (κ1) is 13.4. The van der Waals surface area contributed by atoms with Gasteiger partial charge in [0.1, 0.15) is 11.5 Å². The van der Waals surface area contributed by atoms with Crippen LogP contribution >= 0.6 is 11.3 Å². The van der Waals surface area contributed by atoms with E-state index in [1.807, 2.05) is 24.4 Å². The largest absolute Gasteiger partial charge is 0.508 e. The van der Waals surface area contributed by atoms with E-state index in [1.54, 1.807) is 11.3 Å². The lowest BCUT2D eigenvalue weighted by Crippen LogP contribution is -2.27. The minimum atomic E-state index is -0.395. The smallest absolute Gasteiger partial charge is 0.255 e. The number of aromatic hydroxyl groups is 2. The van der Waals surface area contributed by atoms with Crippen molar-refractivity contribution >= 4 is 17.2 Å². The van der Waals surface area contributed by atoms with Crippen LogP contribution in [0.1, 0.15) is 34.6 Å². The molecule has 0 saturated heterocycles. The minimum Gasteiger partial charge on any atom is -0.508 e. The van der Waals surface area contributed by atoms with Crippen LogP contribution in [0.4, 0.5) is 0 Å². The molecule has 0 spiro atoms. The normalized spacial score (nSPS) is 12.1. The van der Waals surface area contributed by atoms with Crippen molar-refractivity contribution in [1.29, 1.82) is 0 Å². The Morgan fingerprint density at radius 3 is 2.79 bits per heavy atom. The molecule has 1 unspecified atom stereocenters. The Labute approximate surface area is 115 Å². The fourth-order valence-electron chi connectivity index (χ4n) is 1.81. The molecule has 1 heterocycles. The molecule has 1 aromatic carbocycles. The summed E-state index contributed by atoms with van der Waals surface area (Å²) in [6.07, 6.45) is 0.756. The lowest BCUT2D eigenvalue weighted by Gasteiger charge is -2.16. The van der Waals surface area contributed by atoms with Crippen molar-refractivity contribution in [3.05, 3.63) is 46.2 Å². The Kier molecular flexibility index (Phi) is 4.06. The molecule has 1 atom stereocenters. The van der Waals surface area contributed by atoms with Crippen molar-refractivity contribution in [2.45, 2.75) is 19.4 Å². The lowest BCUT2D eigenvalue weighted by atomic mass is 10.1. The molecule has 2 aromatic rings. The van der Waals surface area contributed by atoms with Crippen molar-refractivity contribution in [2.24, 2.45) is 0 Å². The number of thiophene rings is 1. The highest BCUT2D eigenvalue weighted by Gasteiger charge is 2.17. The van der Waals surface area contributed by atoms with Crippen LogP contribution in [-0.4, -0.2) is 16.1 Å². The Morgan fingerprint density at radius 2 is 2.16 bits per heavy atom. The second-order valence-electron chi connectivity index (χ2n) is 4.15. The van der Waals surface area contributed by atoms with Gasteiger partial charge in [-0.15, -0.1) is 11.3 Å². The SMILES string of the molecule is CCC(NC(=O)c1cc(O)ccc1O)c1cccs1. The summed E-state index contributed by atoms with van der Waals surface area (Å²) in [5.74, 6) is -0.586. The van der Waals surface area contributed by atoms with Crippen LogP contribution < -0.4 is 5.32 Å². The molecule has 0 aliphatic heterocycles. The van der Waals surface area contributed by atoms with E-state index in [0.717, 1.165) is 11.3 Å². The monoisotopic (exact) mass is 277 g/mol. The van der Waals surface area contributed by atoms with Gasteiger partial charge in [-0.25, -0.2) is 0 Å². The van der Waals surface area contributed by atoms with Gasteiger partial charge in [0.15, 0.2) is 0 Å². The molecule has 5 heteroatoms. The van der Waals surface area contributed by atoms with Gasteiger partial charge in [-0.2, -0.15) is 0 Å². The fourth-order valence-corrected chi connectivity index (χ4v) is 2.67. The van der Waals surface area contributed by atoms with Crippen LogP contribution in [-0.2, 0) is 0 Å². The van der Waals surface area contributed by atoms with E-state index < -0.39 is 5.91 Å². The van der Waals surface area contributed by atoms with Gasteiger partial charge in [-0.1, -0.05) is 13.0 Å². The molecule has 19 heavy (non-hydrogen) atoms. The second-order valence-corrected chi connectivity index (χ2v) is 5.13. The van der Waals surface area contributed by atoms with Crippen LogP contribution in [0.3, 0.4) is 0 Å². The van der Waals surface area contributed by atoms with Crippen molar-refractivity contribution in [2.75, 3.05) is 0 Å². The molecule has 1 aromatic heterocycles. The summed E-state index contributed by atoms with van der Waals surface area (Å²) in [7, 11) is 0. The van der Waals surface area contributed by atoms with Gasteiger partial charge in [0.2, 0.25) is 0 Å². The van der Waals surface area contributed by atoms with Gasteiger partial charge in [0.25, 0.3) is 5.91 Å². The molecular weight excluding hydrogens is 262 g/mol. The average molecular weight is 277 g/mol. The number of phenols is 2. The third-order valence-electron chi connectivity index (χ3n) is 2.82. The Hall–Kier alpha value is -2.01. The van der Waals surface area contributed by atoms with Crippen molar-refractivity contribution in [1.82, 2.24) is 5.32 Å². The van der Waals surface area contributed by atoms with Gasteiger partial charge in [-0.3, -0.25) is 4.79 Å².